The van der Waals surface area contributed by atoms with Crippen molar-refractivity contribution in [2.24, 2.45) is 0 Å². The number of H-pyrrole nitrogens is 1. The Labute approximate surface area is 105 Å². The average Bonchev–Trinajstić information content (AvgIpc) is 2.95. The highest BCUT2D eigenvalue weighted by Crippen LogP contribution is 2.29. The molecular formula is C14H15N3O. The molecular weight excluding hydrogens is 226 g/mol. The Kier molecular flexibility index (Phi) is 2.55. The molecule has 0 amide bonds. The van der Waals surface area contributed by atoms with Crippen molar-refractivity contribution in [3.8, 4) is 11.3 Å². The predicted molar refractivity (Wildman–Crippen MR) is 72.2 cm³/mol. The lowest BCUT2D eigenvalue weighted by Gasteiger charge is -2.00. The summed E-state index contributed by atoms with van der Waals surface area (Å²) in [6.45, 7) is 2.18. The normalized spacial score (nSPS) is 11.2. The van der Waals surface area contributed by atoms with E-state index in [1.807, 2.05) is 6.20 Å². The Bertz CT molecular complexity index is 681. The molecule has 4 heteroatoms. The molecule has 4 nitrogen and oxygen atoms in total. The summed E-state index contributed by atoms with van der Waals surface area (Å²) in [5.74, 6) is 0. The Morgan fingerprint density at radius 2 is 2.28 bits per heavy atom. The van der Waals surface area contributed by atoms with Gasteiger partial charge in [0.05, 0.1) is 0 Å². The monoisotopic (exact) mass is 241 g/mol. The molecule has 3 N–H and O–H groups in total. The number of aromatic nitrogens is 2. The molecule has 0 bridgehead atoms. The summed E-state index contributed by atoms with van der Waals surface area (Å²) in [6, 6.07) is 6.66. The van der Waals surface area contributed by atoms with Gasteiger partial charge in [0.25, 0.3) is 6.01 Å². The maximum atomic E-state index is 5.52. The number of nitrogen functional groups attached to an aromatic ring is 1. The van der Waals surface area contributed by atoms with Crippen LogP contribution in [0.3, 0.4) is 0 Å². The van der Waals surface area contributed by atoms with Crippen LogP contribution in [0.4, 0.5) is 6.01 Å². The van der Waals surface area contributed by atoms with Gasteiger partial charge in [-0.3, -0.25) is 0 Å². The molecule has 0 radical (unpaired) electrons. The topological polar surface area (TPSA) is 67.8 Å². The predicted octanol–water partition coefficient (Wildman–Crippen LogP) is 3.36. The van der Waals surface area contributed by atoms with Crippen molar-refractivity contribution in [1.29, 1.82) is 0 Å². The molecule has 0 saturated heterocycles. The summed E-state index contributed by atoms with van der Waals surface area (Å²) in [5.41, 5.74) is 9.76. The van der Waals surface area contributed by atoms with E-state index < -0.39 is 0 Å². The van der Waals surface area contributed by atoms with Crippen LogP contribution in [0.2, 0.25) is 0 Å². The molecule has 0 aliphatic carbocycles. The minimum atomic E-state index is 0.198. The van der Waals surface area contributed by atoms with Gasteiger partial charge in [-0.05, 0) is 24.1 Å². The fourth-order valence-corrected chi connectivity index (χ4v) is 2.24. The van der Waals surface area contributed by atoms with Gasteiger partial charge < -0.3 is 15.1 Å². The van der Waals surface area contributed by atoms with Crippen molar-refractivity contribution in [1.82, 2.24) is 9.97 Å². The fourth-order valence-electron chi connectivity index (χ4n) is 2.24. The second kappa shape index (κ2) is 4.22. The van der Waals surface area contributed by atoms with E-state index in [4.69, 9.17) is 10.2 Å². The number of aryl methyl sites for hydroxylation is 1. The third kappa shape index (κ3) is 1.76. The van der Waals surface area contributed by atoms with Crippen molar-refractivity contribution in [3.05, 3.63) is 36.2 Å². The molecule has 0 aliphatic rings. The van der Waals surface area contributed by atoms with Gasteiger partial charge in [-0.2, -0.15) is 4.98 Å². The minimum Gasteiger partial charge on any atom is -0.432 e. The fraction of sp³-hybridized carbons (Fsp3) is 0.214. The third-order valence-corrected chi connectivity index (χ3v) is 3.08. The van der Waals surface area contributed by atoms with Crippen LogP contribution in [0, 0.1) is 0 Å². The highest BCUT2D eigenvalue weighted by Gasteiger charge is 2.10. The van der Waals surface area contributed by atoms with Gasteiger partial charge in [0, 0.05) is 22.7 Å². The van der Waals surface area contributed by atoms with Gasteiger partial charge in [0.1, 0.15) is 12.0 Å². The van der Waals surface area contributed by atoms with E-state index in [9.17, 15) is 0 Å². The molecule has 3 aromatic rings. The van der Waals surface area contributed by atoms with E-state index >= 15 is 0 Å². The molecule has 2 aromatic heterocycles. The van der Waals surface area contributed by atoms with Crippen LogP contribution in [0.15, 0.2) is 35.1 Å². The Morgan fingerprint density at radius 3 is 3.00 bits per heavy atom. The summed E-state index contributed by atoms with van der Waals surface area (Å²) < 4.78 is 5.07. The number of rotatable bonds is 3. The Hall–Kier alpha value is -2.23. The van der Waals surface area contributed by atoms with Crippen LogP contribution in [0.5, 0.6) is 0 Å². The molecule has 2 heterocycles. The highest BCUT2D eigenvalue weighted by atomic mass is 16.4. The Balaban J connectivity index is 2.14. The number of fused-ring (bicyclic) bond motifs is 1. The summed E-state index contributed by atoms with van der Waals surface area (Å²) in [5, 5.41) is 1.16. The zero-order chi connectivity index (χ0) is 12.5. The van der Waals surface area contributed by atoms with Crippen LogP contribution in [-0.4, -0.2) is 9.97 Å². The molecule has 1 aromatic carbocycles. The van der Waals surface area contributed by atoms with Gasteiger partial charge >= 0.3 is 0 Å². The molecule has 18 heavy (non-hydrogen) atoms. The third-order valence-electron chi connectivity index (χ3n) is 3.08. The maximum Gasteiger partial charge on any atom is 0.292 e. The van der Waals surface area contributed by atoms with Gasteiger partial charge in [-0.25, -0.2) is 0 Å². The zero-order valence-corrected chi connectivity index (χ0v) is 10.2. The molecule has 0 unspecified atom stereocenters. The van der Waals surface area contributed by atoms with Gasteiger partial charge in [-0.15, -0.1) is 0 Å². The van der Waals surface area contributed by atoms with Crippen molar-refractivity contribution < 1.29 is 4.42 Å². The van der Waals surface area contributed by atoms with Gasteiger partial charge in [0.15, 0.2) is 0 Å². The molecule has 3 rings (SSSR count). The summed E-state index contributed by atoms with van der Waals surface area (Å²) in [4.78, 5) is 7.41. The highest BCUT2D eigenvalue weighted by molar-refractivity contribution is 5.94. The van der Waals surface area contributed by atoms with Crippen LogP contribution < -0.4 is 5.73 Å². The smallest absolute Gasteiger partial charge is 0.292 e. The number of anilines is 1. The molecule has 0 saturated carbocycles. The van der Waals surface area contributed by atoms with Crippen LogP contribution in [-0.2, 0) is 6.42 Å². The molecule has 0 aliphatic heterocycles. The number of benzene rings is 1. The first-order valence-electron chi connectivity index (χ1n) is 6.09. The number of aromatic amines is 1. The van der Waals surface area contributed by atoms with Crippen LogP contribution in [0.1, 0.15) is 18.9 Å². The lowest BCUT2D eigenvalue weighted by atomic mass is 10.0. The van der Waals surface area contributed by atoms with Crippen LogP contribution in [0.25, 0.3) is 22.2 Å². The van der Waals surface area contributed by atoms with Crippen molar-refractivity contribution in [2.75, 3.05) is 5.73 Å². The zero-order valence-electron chi connectivity index (χ0n) is 10.2. The summed E-state index contributed by atoms with van der Waals surface area (Å²) in [6.07, 6.45) is 5.76. The second-order valence-electron chi connectivity index (χ2n) is 4.40. The summed E-state index contributed by atoms with van der Waals surface area (Å²) in [7, 11) is 0. The number of hydrogen-bond donors (Lipinski definition) is 2. The van der Waals surface area contributed by atoms with Gasteiger partial charge in [0.2, 0.25) is 0 Å². The first-order chi connectivity index (χ1) is 8.78. The molecule has 0 fully saturated rings. The first-order valence-corrected chi connectivity index (χ1v) is 6.09. The number of oxazole rings is 1. The Morgan fingerprint density at radius 1 is 1.39 bits per heavy atom. The standard InChI is InChI=1S/C14H15N3O/c1-2-3-9-4-5-12-10(6-9)11(7-16-12)13-8-18-14(15)17-13/h4-8,16H,2-3H2,1H3,(H2,15,17). The van der Waals surface area contributed by atoms with Crippen molar-refractivity contribution in [2.45, 2.75) is 19.8 Å². The number of nitrogens with zero attached hydrogens (tertiary/aromatic N) is 1. The van der Waals surface area contributed by atoms with E-state index in [0.717, 1.165) is 35.0 Å². The lowest BCUT2D eigenvalue weighted by Crippen LogP contribution is -1.84. The van der Waals surface area contributed by atoms with E-state index in [1.165, 1.54) is 5.56 Å². The summed E-state index contributed by atoms with van der Waals surface area (Å²) >= 11 is 0. The lowest BCUT2D eigenvalue weighted by molar-refractivity contribution is 0.581. The number of hydrogen-bond acceptors (Lipinski definition) is 3. The molecule has 92 valence electrons. The SMILES string of the molecule is CCCc1ccc2[nH]cc(-c3coc(N)n3)c2c1. The average molecular weight is 241 g/mol. The quantitative estimate of drug-likeness (QED) is 0.738. The largest absolute Gasteiger partial charge is 0.432 e. The van der Waals surface area contributed by atoms with E-state index in [-0.39, 0.29) is 6.01 Å². The molecule has 0 atom stereocenters. The second-order valence-corrected chi connectivity index (χ2v) is 4.40. The van der Waals surface area contributed by atoms with Crippen molar-refractivity contribution in [3.63, 3.8) is 0 Å². The minimum absolute atomic E-state index is 0.198. The first kappa shape index (κ1) is 10.9. The number of nitrogens with two attached hydrogens (primary N) is 1. The van der Waals surface area contributed by atoms with Gasteiger partial charge in [-0.1, -0.05) is 19.4 Å². The van der Waals surface area contributed by atoms with Crippen molar-refractivity contribution >= 4 is 16.9 Å². The maximum absolute atomic E-state index is 5.52. The number of nitrogens with one attached hydrogen (secondary N) is 1. The van der Waals surface area contributed by atoms with E-state index in [0.29, 0.717) is 0 Å². The molecule has 0 spiro atoms. The van der Waals surface area contributed by atoms with Crippen LogP contribution >= 0.6 is 0 Å². The van der Waals surface area contributed by atoms with E-state index in [1.54, 1.807) is 6.26 Å². The van der Waals surface area contributed by atoms with E-state index in [2.05, 4.69) is 35.1 Å².